The van der Waals surface area contributed by atoms with Crippen molar-refractivity contribution in [2.75, 3.05) is 26.9 Å². The number of halogens is 1. The second kappa shape index (κ2) is 9.20. The predicted molar refractivity (Wildman–Crippen MR) is 91.2 cm³/mol. The number of hydrogen-bond acceptors (Lipinski definition) is 4. The molecule has 3 nitrogen and oxygen atoms in total. The van der Waals surface area contributed by atoms with Crippen LogP contribution in [0.4, 0.5) is 0 Å². The van der Waals surface area contributed by atoms with Crippen LogP contribution in [0.15, 0.2) is 40.2 Å². The number of hydrogen-bond donors (Lipinski definition) is 1. The molecule has 0 saturated heterocycles. The molecule has 0 amide bonds. The van der Waals surface area contributed by atoms with Gasteiger partial charge >= 0.3 is 0 Å². The number of ether oxygens (including phenoxy) is 2. The smallest absolute Gasteiger partial charge is 0.123 e. The van der Waals surface area contributed by atoms with Gasteiger partial charge in [-0.15, -0.1) is 11.3 Å². The molecule has 114 valence electrons. The Morgan fingerprint density at radius 3 is 2.90 bits per heavy atom. The summed E-state index contributed by atoms with van der Waals surface area (Å²) in [5.41, 5.74) is 1.16. The van der Waals surface area contributed by atoms with E-state index in [1.54, 1.807) is 18.4 Å². The summed E-state index contributed by atoms with van der Waals surface area (Å²) in [6.45, 7) is 3.02. The Morgan fingerprint density at radius 2 is 2.14 bits per heavy atom. The average Bonchev–Trinajstić information content (AvgIpc) is 2.99. The molecule has 0 radical (unpaired) electrons. The summed E-state index contributed by atoms with van der Waals surface area (Å²) >= 11 is 5.28. The van der Waals surface area contributed by atoms with E-state index in [9.17, 15) is 0 Å². The Bertz CT molecular complexity index is 531. The summed E-state index contributed by atoms with van der Waals surface area (Å²) in [4.78, 5) is 1.35. The fraction of sp³-hybridized carbons (Fsp3) is 0.375. The maximum Gasteiger partial charge on any atom is 0.123 e. The van der Waals surface area contributed by atoms with Crippen molar-refractivity contribution >= 4 is 27.3 Å². The molecule has 0 unspecified atom stereocenters. The molecule has 2 rings (SSSR count). The lowest BCUT2D eigenvalue weighted by molar-refractivity contribution is 0.199. The molecular weight excluding hydrogens is 350 g/mol. The molecule has 0 aliphatic rings. The molecule has 1 aromatic heterocycles. The molecular formula is C16H20BrNO2S. The minimum absolute atomic E-state index is 0.702. The fourth-order valence-electron chi connectivity index (χ4n) is 1.94. The molecule has 2 aromatic rings. The molecule has 1 N–H and O–H groups in total. The van der Waals surface area contributed by atoms with Crippen LogP contribution >= 0.6 is 27.3 Å². The van der Waals surface area contributed by atoms with Crippen molar-refractivity contribution in [2.24, 2.45) is 0 Å². The van der Waals surface area contributed by atoms with Crippen LogP contribution < -0.4 is 10.1 Å². The molecule has 0 fully saturated rings. The zero-order chi connectivity index (χ0) is 14.9. The van der Waals surface area contributed by atoms with Gasteiger partial charge in [0.25, 0.3) is 0 Å². The lowest BCUT2D eigenvalue weighted by Crippen LogP contribution is -2.19. The monoisotopic (exact) mass is 369 g/mol. The van der Waals surface area contributed by atoms with Gasteiger partial charge in [-0.3, -0.25) is 0 Å². The molecule has 5 heteroatoms. The maximum absolute atomic E-state index is 5.94. The highest BCUT2D eigenvalue weighted by Gasteiger charge is 2.05. The van der Waals surface area contributed by atoms with Gasteiger partial charge in [0.15, 0.2) is 0 Å². The largest absolute Gasteiger partial charge is 0.493 e. The van der Waals surface area contributed by atoms with E-state index >= 15 is 0 Å². The van der Waals surface area contributed by atoms with Crippen LogP contribution in [0.25, 0.3) is 0 Å². The average molecular weight is 370 g/mol. The second-order valence-corrected chi connectivity index (χ2v) is 6.55. The molecule has 0 bridgehead atoms. The summed E-state index contributed by atoms with van der Waals surface area (Å²) < 4.78 is 12.0. The third-order valence-electron chi connectivity index (χ3n) is 3.01. The van der Waals surface area contributed by atoms with E-state index in [1.807, 2.05) is 12.1 Å². The third-order valence-corrected chi connectivity index (χ3v) is 4.44. The van der Waals surface area contributed by atoms with Crippen LogP contribution in [0.3, 0.4) is 0 Å². The minimum atomic E-state index is 0.702. The van der Waals surface area contributed by atoms with Gasteiger partial charge in [-0.2, -0.15) is 0 Å². The highest BCUT2D eigenvalue weighted by atomic mass is 79.9. The van der Waals surface area contributed by atoms with Crippen molar-refractivity contribution in [1.82, 2.24) is 5.32 Å². The number of thiophene rings is 1. The molecule has 0 aliphatic heterocycles. The Hall–Kier alpha value is -0.880. The Kier molecular flexibility index (Phi) is 7.23. The lowest BCUT2D eigenvalue weighted by Gasteiger charge is -2.12. The van der Waals surface area contributed by atoms with Crippen LogP contribution in [0, 0.1) is 0 Å². The molecule has 0 aliphatic carbocycles. The van der Waals surface area contributed by atoms with Crippen LogP contribution in [-0.2, 0) is 17.7 Å². The van der Waals surface area contributed by atoms with Crippen LogP contribution in [0.1, 0.15) is 10.4 Å². The first-order chi connectivity index (χ1) is 10.3. The summed E-state index contributed by atoms with van der Waals surface area (Å²) in [5, 5.41) is 5.45. The zero-order valence-corrected chi connectivity index (χ0v) is 14.5. The van der Waals surface area contributed by atoms with Gasteiger partial charge in [0.05, 0.1) is 13.2 Å². The van der Waals surface area contributed by atoms with Crippen LogP contribution in [-0.4, -0.2) is 26.9 Å². The Morgan fingerprint density at radius 1 is 1.24 bits per heavy atom. The summed E-state index contributed by atoms with van der Waals surface area (Å²) in [7, 11) is 1.71. The Labute approximate surface area is 138 Å². The first-order valence-corrected chi connectivity index (χ1v) is 8.60. The van der Waals surface area contributed by atoms with Gasteiger partial charge < -0.3 is 14.8 Å². The summed E-state index contributed by atoms with van der Waals surface area (Å²) in [6, 6.07) is 10.3. The van der Waals surface area contributed by atoms with E-state index in [1.165, 1.54) is 4.88 Å². The van der Waals surface area contributed by atoms with Gasteiger partial charge in [-0.1, -0.05) is 22.0 Å². The highest BCUT2D eigenvalue weighted by Crippen LogP contribution is 2.23. The van der Waals surface area contributed by atoms with Crippen molar-refractivity contribution in [3.63, 3.8) is 0 Å². The van der Waals surface area contributed by atoms with Crippen molar-refractivity contribution in [3.05, 3.63) is 50.6 Å². The predicted octanol–water partition coefficient (Wildman–Crippen LogP) is 3.87. The molecule has 0 atom stereocenters. The van der Waals surface area contributed by atoms with Gasteiger partial charge in [-0.05, 0) is 29.6 Å². The van der Waals surface area contributed by atoms with Crippen molar-refractivity contribution in [1.29, 1.82) is 0 Å². The highest BCUT2D eigenvalue weighted by molar-refractivity contribution is 9.10. The summed E-state index contributed by atoms with van der Waals surface area (Å²) in [5.74, 6) is 0.944. The van der Waals surface area contributed by atoms with Crippen molar-refractivity contribution in [3.8, 4) is 5.75 Å². The number of nitrogens with one attached hydrogen (secondary N) is 1. The number of benzene rings is 1. The summed E-state index contributed by atoms with van der Waals surface area (Å²) in [6.07, 6.45) is 0.949. The van der Waals surface area contributed by atoms with Crippen LogP contribution in [0.2, 0.25) is 0 Å². The molecule has 21 heavy (non-hydrogen) atoms. The van der Waals surface area contributed by atoms with Crippen LogP contribution in [0.5, 0.6) is 5.75 Å². The van der Waals surface area contributed by atoms with Gasteiger partial charge in [0, 0.05) is 41.5 Å². The topological polar surface area (TPSA) is 30.5 Å². The Balaban J connectivity index is 1.87. The van der Waals surface area contributed by atoms with Crippen molar-refractivity contribution in [2.45, 2.75) is 13.0 Å². The van der Waals surface area contributed by atoms with E-state index < -0.39 is 0 Å². The second-order valence-electron chi connectivity index (χ2n) is 4.60. The van der Waals surface area contributed by atoms with Gasteiger partial charge in [0.1, 0.15) is 5.75 Å². The molecule has 0 saturated carbocycles. The van der Waals surface area contributed by atoms with E-state index in [0.29, 0.717) is 13.2 Å². The molecule has 1 aromatic carbocycles. The number of rotatable bonds is 9. The van der Waals surface area contributed by atoms with E-state index in [0.717, 1.165) is 35.3 Å². The van der Waals surface area contributed by atoms with E-state index in [2.05, 4.69) is 44.8 Å². The standard InChI is InChI=1S/C16H20BrNO2S/c1-19-9-7-18-12-13-11-14(17)4-5-16(13)20-8-6-15-3-2-10-21-15/h2-5,10-11,18H,6-9,12H2,1H3. The molecule has 0 spiro atoms. The minimum Gasteiger partial charge on any atom is -0.493 e. The van der Waals surface area contributed by atoms with Gasteiger partial charge in [-0.25, -0.2) is 0 Å². The lowest BCUT2D eigenvalue weighted by atomic mass is 10.2. The normalized spacial score (nSPS) is 10.8. The fourth-order valence-corrected chi connectivity index (χ4v) is 3.04. The number of methoxy groups -OCH3 is 1. The first-order valence-electron chi connectivity index (χ1n) is 6.93. The zero-order valence-electron chi connectivity index (χ0n) is 12.1. The van der Waals surface area contributed by atoms with Crippen molar-refractivity contribution < 1.29 is 9.47 Å². The SMILES string of the molecule is COCCNCc1cc(Br)ccc1OCCc1cccs1. The van der Waals surface area contributed by atoms with E-state index in [4.69, 9.17) is 9.47 Å². The van der Waals surface area contributed by atoms with Gasteiger partial charge in [0.2, 0.25) is 0 Å². The maximum atomic E-state index is 5.94. The quantitative estimate of drug-likeness (QED) is 0.680. The first kappa shape index (κ1) is 16.5. The van der Waals surface area contributed by atoms with E-state index in [-0.39, 0.29) is 0 Å². The molecule has 1 heterocycles. The third kappa shape index (κ3) is 5.79.